The summed E-state index contributed by atoms with van der Waals surface area (Å²) in [5.41, 5.74) is 2.99. The van der Waals surface area contributed by atoms with Crippen molar-refractivity contribution in [1.82, 2.24) is 4.98 Å². The van der Waals surface area contributed by atoms with E-state index in [-0.39, 0.29) is 32.7 Å². The molecule has 1 heterocycles. The molecule has 0 aliphatic carbocycles. The van der Waals surface area contributed by atoms with E-state index in [1.807, 2.05) is 103 Å². The molecule has 0 N–H and O–H groups in total. The zero-order chi connectivity index (χ0) is 34.8. The largest absolute Gasteiger partial charge is 2.00 e. The quantitative estimate of drug-likeness (QED) is 0.0617. The fraction of sp³-hybridized carbons (Fsp3) is 0.100. The fourth-order valence-corrected chi connectivity index (χ4v) is 9.36. The van der Waals surface area contributed by atoms with E-state index in [1.165, 1.54) is 6.07 Å². The summed E-state index contributed by atoms with van der Waals surface area (Å²) in [7, 11) is -0.166. The van der Waals surface area contributed by atoms with Crippen LogP contribution in [0.1, 0.15) is 0 Å². The van der Waals surface area contributed by atoms with E-state index in [1.54, 1.807) is 59.0 Å². The second-order valence-corrected chi connectivity index (χ2v) is 13.9. The van der Waals surface area contributed by atoms with Crippen LogP contribution in [0.4, 0.5) is 0 Å². The molecule has 5 aromatic carbocycles. The second kappa shape index (κ2) is 19.2. The van der Waals surface area contributed by atoms with Crippen molar-refractivity contribution in [3.8, 4) is 45.3 Å². The Kier molecular flexibility index (Phi) is 15.4. The SMILES string of the molecule is COc1cccc(OC)c1-c1ccccc1P(c1ccccc1-c1c(OC)cccc1OC)c1ccccc1S(=O)(=O)[O-].[CH3-].[Pd+2].c1ccncc1. The predicted octanol–water partition coefficient (Wildman–Crippen LogP) is 7.25. The van der Waals surface area contributed by atoms with Crippen LogP contribution in [0.25, 0.3) is 22.3 Å². The second-order valence-electron chi connectivity index (χ2n) is 10.4. The zero-order valence-corrected chi connectivity index (χ0v) is 32.0. The molecule has 0 atom stereocenters. The molecule has 0 unspecified atom stereocenters. The maximum Gasteiger partial charge on any atom is 2.00 e. The molecule has 8 nitrogen and oxygen atoms in total. The van der Waals surface area contributed by atoms with E-state index in [0.717, 1.165) is 21.7 Å². The van der Waals surface area contributed by atoms with Crippen LogP contribution in [0, 0.1) is 7.43 Å². The summed E-state index contributed by atoms with van der Waals surface area (Å²) in [4.78, 5) is 3.51. The Morgan fingerprint density at radius 2 is 0.882 bits per heavy atom. The Morgan fingerprint density at radius 3 is 1.22 bits per heavy atom. The maximum absolute atomic E-state index is 12.7. The Bertz CT molecular complexity index is 1960. The zero-order valence-electron chi connectivity index (χ0n) is 28.8. The van der Waals surface area contributed by atoms with E-state index >= 15 is 0 Å². The number of nitrogens with zero attached hydrogens (tertiary/aromatic N) is 1. The molecule has 0 aliphatic heterocycles. The molecule has 0 aliphatic rings. The van der Waals surface area contributed by atoms with Crippen LogP contribution in [0.5, 0.6) is 23.0 Å². The number of hydrogen-bond donors (Lipinski definition) is 0. The molecule has 11 heteroatoms. The van der Waals surface area contributed by atoms with Gasteiger partial charge in [-0.2, -0.15) is 0 Å². The topological polar surface area (TPSA) is 107 Å². The van der Waals surface area contributed by atoms with E-state index in [2.05, 4.69) is 4.98 Å². The van der Waals surface area contributed by atoms with E-state index in [9.17, 15) is 13.0 Å². The van der Waals surface area contributed by atoms with Gasteiger partial charge in [-0.1, -0.05) is 84.9 Å². The smallest absolute Gasteiger partial charge is 0.744 e. The standard InChI is InChI=1S/C34H31O7PS.C5H5N.CH3.Pd/c1-38-25-15-11-16-26(39-2)33(25)23-13-5-7-19-29(23)42(31-21-9-10-22-32(31)43(35,36)37)30-20-8-6-14-24(30)34-27(40-3)17-12-18-28(34)41-4;1-2-4-6-5-3-1;;/h5-22H,1-4H3,(H,35,36,37);1-5H;1H3;/q;;-1;+2/p-1. The summed E-state index contributed by atoms with van der Waals surface area (Å²) < 4.78 is 61.2. The Morgan fingerprint density at radius 1 is 0.510 bits per heavy atom. The van der Waals surface area contributed by atoms with Gasteiger partial charge >= 0.3 is 20.4 Å². The van der Waals surface area contributed by atoms with Gasteiger partial charge in [-0.3, -0.25) is 4.98 Å². The average molecular weight is 814 g/mol. The Labute approximate surface area is 315 Å². The molecule has 6 rings (SSSR count). The van der Waals surface area contributed by atoms with Crippen molar-refractivity contribution < 1.29 is 52.3 Å². The van der Waals surface area contributed by atoms with Crippen molar-refractivity contribution in [3.63, 3.8) is 0 Å². The molecule has 6 aromatic rings. The molecule has 1 aromatic heterocycles. The van der Waals surface area contributed by atoms with Crippen molar-refractivity contribution in [2.24, 2.45) is 0 Å². The molecule has 51 heavy (non-hydrogen) atoms. The van der Waals surface area contributed by atoms with Gasteiger partial charge in [-0.15, -0.1) is 0 Å². The predicted molar refractivity (Wildman–Crippen MR) is 201 cm³/mol. The van der Waals surface area contributed by atoms with Gasteiger partial charge < -0.3 is 30.9 Å². The molecule has 266 valence electrons. The molecule has 0 fully saturated rings. The molecular weight excluding hydrogens is 776 g/mol. The van der Waals surface area contributed by atoms with E-state index < -0.39 is 18.0 Å². The minimum Gasteiger partial charge on any atom is -0.744 e. The van der Waals surface area contributed by atoms with E-state index in [4.69, 9.17) is 18.9 Å². The first-order chi connectivity index (χ1) is 23.8. The summed E-state index contributed by atoms with van der Waals surface area (Å²) in [5.74, 6) is 2.36. The van der Waals surface area contributed by atoms with Crippen molar-refractivity contribution in [1.29, 1.82) is 0 Å². The third-order valence-electron chi connectivity index (χ3n) is 7.63. The third kappa shape index (κ3) is 9.22. The van der Waals surface area contributed by atoms with Gasteiger partial charge in [0.15, 0.2) is 0 Å². The van der Waals surface area contributed by atoms with Gasteiger partial charge in [0.2, 0.25) is 0 Å². The van der Waals surface area contributed by atoms with Gasteiger partial charge in [0.05, 0.1) is 44.5 Å². The molecular formula is C40H38NO7PPdS. The van der Waals surface area contributed by atoms with E-state index in [0.29, 0.717) is 39.4 Å². The van der Waals surface area contributed by atoms with Crippen LogP contribution in [0.3, 0.4) is 0 Å². The first-order valence-electron chi connectivity index (χ1n) is 15.1. The number of hydrogen-bond acceptors (Lipinski definition) is 8. The molecule has 0 bridgehead atoms. The van der Waals surface area contributed by atoms with Crippen molar-refractivity contribution in [2.45, 2.75) is 4.90 Å². The van der Waals surface area contributed by atoms with Crippen LogP contribution in [0.2, 0.25) is 0 Å². The minimum absolute atomic E-state index is 0. The van der Waals surface area contributed by atoms with Gasteiger partial charge in [0.1, 0.15) is 33.1 Å². The first-order valence-corrected chi connectivity index (χ1v) is 17.9. The van der Waals surface area contributed by atoms with Crippen molar-refractivity contribution in [3.05, 3.63) is 147 Å². The van der Waals surface area contributed by atoms with Gasteiger partial charge in [0.25, 0.3) is 0 Å². The number of aromatic nitrogens is 1. The molecule has 0 radical (unpaired) electrons. The molecule has 0 saturated heterocycles. The summed E-state index contributed by atoms with van der Waals surface area (Å²) in [6.07, 6.45) is 3.50. The number of methoxy groups -OCH3 is 4. The normalized spacial score (nSPS) is 10.5. The van der Waals surface area contributed by atoms with Crippen LogP contribution < -0.4 is 34.9 Å². The number of rotatable bonds is 10. The van der Waals surface area contributed by atoms with Crippen LogP contribution in [0.15, 0.2) is 145 Å². The summed E-state index contributed by atoms with van der Waals surface area (Å²) >= 11 is 0. The molecule has 0 saturated carbocycles. The fourth-order valence-electron chi connectivity index (χ4n) is 5.55. The minimum atomic E-state index is -4.83. The van der Waals surface area contributed by atoms with Crippen LogP contribution in [-0.4, -0.2) is 46.4 Å². The van der Waals surface area contributed by atoms with Crippen LogP contribution in [-0.2, 0) is 30.5 Å². The Balaban J connectivity index is 0.000000796. The summed E-state index contributed by atoms with van der Waals surface area (Å²) in [6, 6.07) is 38.6. The average Bonchev–Trinajstić information content (AvgIpc) is 3.15. The first kappa shape index (κ1) is 40.9. The maximum atomic E-state index is 12.7. The number of benzene rings is 5. The van der Waals surface area contributed by atoms with Gasteiger partial charge in [0, 0.05) is 17.7 Å². The molecule has 0 spiro atoms. The van der Waals surface area contributed by atoms with Crippen molar-refractivity contribution >= 4 is 34.0 Å². The summed E-state index contributed by atoms with van der Waals surface area (Å²) in [6.45, 7) is 0. The van der Waals surface area contributed by atoms with Crippen LogP contribution >= 0.6 is 7.92 Å². The van der Waals surface area contributed by atoms with Gasteiger partial charge in [-0.25, -0.2) is 8.42 Å². The number of ether oxygens (including phenoxy) is 4. The summed E-state index contributed by atoms with van der Waals surface area (Å²) in [5, 5.41) is 2.01. The molecule has 0 amide bonds. The number of pyridine rings is 1. The Hall–Kier alpha value is -4.55. The third-order valence-corrected chi connectivity index (χ3v) is 11.3. The van der Waals surface area contributed by atoms with Crippen molar-refractivity contribution in [2.75, 3.05) is 28.4 Å². The van der Waals surface area contributed by atoms with Gasteiger partial charge in [-0.05, 0) is 72.1 Å². The monoisotopic (exact) mass is 813 g/mol.